The van der Waals surface area contributed by atoms with Crippen LogP contribution in [-0.2, 0) is 22.7 Å². The second-order valence-electron chi connectivity index (χ2n) is 13.8. The summed E-state index contributed by atoms with van der Waals surface area (Å²) in [5, 5.41) is 40.2. The molecule has 0 unspecified atom stereocenters. The molecule has 6 bridgehead atoms. The average Bonchev–Trinajstić information content (AvgIpc) is 4.09. The lowest BCUT2D eigenvalue weighted by molar-refractivity contribution is -0.137. The number of nitrogens with two attached hydrogens (primary N) is 1. The SMILES string of the molecule is NCCCOc1cccc(Nc2ncc3nnn(-c4cnn(CCC(=O)O)c4)c3n2)c1.O=C1CCCCOc2cccc(c2)Nc2ncc3nnn(c3n2)-c2cnn(c2)CC1. The molecule has 6 aromatic heterocycles. The number of hydrogen-bond donors (Lipinski definition) is 4. The molecule has 0 fully saturated rings. The van der Waals surface area contributed by atoms with Crippen LogP contribution in [0.15, 0.2) is 85.7 Å². The molecular formula is C39H41N17O5. The second-order valence-corrected chi connectivity index (χ2v) is 13.8. The van der Waals surface area contributed by atoms with Gasteiger partial charge in [0.25, 0.3) is 0 Å². The van der Waals surface area contributed by atoms with Gasteiger partial charge in [0.2, 0.25) is 11.9 Å². The van der Waals surface area contributed by atoms with Crippen molar-refractivity contribution in [2.24, 2.45) is 5.73 Å². The first-order valence-electron chi connectivity index (χ1n) is 19.5. The number of carboxylic acid groups (broad SMARTS) is 1. The van der Waals surface area contributed by atoms with Gasteiger partial charge in [-0.05, 0) is 50.1 Å². The largest absolute Gasteiger partial charge is 0.494 e. The van der Waals surface area contributed by atoms with Crippen molar-refractivity contribution in [3.8, 4) is 22.9 Å². The number of fused-ring (bicyclic) bond motifs is 7. The predicted octanol–water partition coefficient (Wildman–Crippen LogP) is 4.03. The summed E-state index contributed by atoms with van der Waals surface area (Å²) in [7, 11) is 0. The average molecular weight is 828 g/mol. The van der Waals surface area contributed by atoms with E-state index in [0.717, 1.165) is 47.8 Å². The normalized spacial score (nSPS) is 13.0. The summed E-state index contributed by atoms with van der Waals surface area (Å²) < 4.78 is 17.9. The van der Waals surface area contributed by atoms with Gasteiger partial charge < -0.3 is 30.9 Å². The zero-order valence-electron chi connectivity index (χ0n) is 32.8. The van der Waals surface area contributed by atoms with Crippen molar-refractivity contribution in [3.05, 3.63) is 85.7 Å². The van der Waals surface area contributed by atoms with Crippen molar-refractivity contribution in [3.63, 3.8) is 0 Å². The Morgan fingerprint density at radius 2 is 1.69 bits per heavy atom. The molecule has 0 radical (unpaired) electrons. The number of carbonyl (C=O) groups is 2. The number of carboxylic acids is 1. The summed E-state index contributed by atoms with van der Waals surface area (Å²) in [4.78, 5) is 40.6. The highest BCUT2D eigenvalue weighted by Crippen LogP contribution is 2.24. The van der Waals surface area contributed by atoms with E-state index in [0.29, 0.717) is 79.1 Å². The summed E-state index contributed by atoms with van der Waals surface area (Å²) in [6.45, 7) is 2.47. The Kier molecular flexibility index (Phi) is 12.3. The molecule has 8 aromatic rings. The van der Waals surface area contributed by atoms with E-state index >= 15 is 0 Å². The lowest BCUT2D eigenvalue weighted by Gasteiger charge is -2.09. The molecule has 1 aliphatic heterocycles. The number of Topliss-reactive ketones (excluding diaryl/α,β-unsaturated/α-hetero) is 1. The van der Waals surface area contributed by atoms with Gasteiger partial charge in [-0.2, -0.15) is 29.5 Å². The number of hydrogen-bond acceptors (Lipinski definition) is 17. The molecule has 0 saturated heterocycles. The topological polar surface area (TPSA) is 272 Å². The first-order valence-corrected chi connectivity index (χ1v) is 19.5. The van der Waals surface area contributed by atoms with Gasteiger partial charge in [-0.3, -0.25) is 19.0 Å². The summed E-state index contributed by atoms with van der Waals surface area (Å²) in [6, 6.07) is 15.1. The molecule has 0 spiro atoms. The molecule has 61 heavy (non-hydrogen) atoms. The summed E-state index contributed by atoms with van der Waals surface area (Å²) in [5.74, 6) is 1.61. The molecule has 1 aliphatic rings. The lowest BCUT2D eigenvalue weighted by atomic mass is 10.1. The molecule has 0 saturated carbocycles. The number of anilines is 4. The van der Waals surface area contributed by atoms with Crippen molar-refractivity contribution >= 4 is 57.4 Å². The smallest absolute Gasteiger partial charge is 0.305 e. The highest BCUT2D eigenvalue weighted by molar-refractivity contribution is 5.78. The molecule has 22 nitrogen and oxygen atoms in total. The number of nitrogens with zero attached hydrogens (tertiary/aromatic N) is 14. The second kappa shape index (κ2) is 18.8. The third-order valence-corrected chi connectivity index (χ3v) is 9.20. The Morgan fingerprint density at radius 1 is 0.902 bits per heavy atom. The van der Waals surface area contributed by atoms with Gasteiger partial charge in [-0.1, -0.05) is 22.6 Å². The van der Waals surface area contributed by atoms with Crippen LogP contribution in [0.2, 0.25) is 0 Å². The van der Waals surface area contributed by atoms with Gasteiger partial charge in [0.1, 0.15) is 28.7 Å². The molecule has 0 amide bonds. The molecule has 5 N–H and O–H groups in total. The van der Waals surface area contributed by atoms with Gasteiger partial charge in [0.05, 0.1) is 63.4 Å². The van der Waals surface area contributed by atoms with Gasteiger partial charge in [-0.15, -0.1) is 10.2 Å². The molecule has 0 atom stereocenters. The molecule has 22 heteroatoms. The number of aliphatic carboxylic acids is 1. The van der Waals surface area contributed by atoms with Crippen LogP contribution in [0.5, 0.6) is 11.5 Å². The molecule has 0 aliphatic carbocycles. The molecule has 2 aromatic carbocycles. The zero-order chi connectivity index (χ0) is 42.0. The van der Waals surface area contributed by atoms with Crippen LogP contribution < -0.4 is 25.8 Å². The predicted molar refractivity (Wildman–Crippen MR) is 220 cm³/mol. The van der Waals surface area contributed by atoms with Crippen LogP contribution in [0.4, 0.5) is 23.3 Å². The number of ketones is 1. The van der Waals surface area contributed by atoms with Crippen molar-refractivity contribution in [1.29, 1.82) is 0 Å². The molecule has 7 heterocycles. The fraction of sp³-hybridized carbons (Fsp3) is 0.282. The van der Waals surface area contributed by atoms with E-state index in [1.165, 1.54) is 9.36 Å². The van der Waals surface area contributed by atoms with Gasteiger partial charge in [0.15, 0.2) is 22.3 Å². The van der Waals surface area contributed by atoms with Gasteiger partial charge >= 0.3 is 5.97 Å². The maximum atomic E-state index is 12.2. The standard InChI is InChI=1S/C20H20N8O2.C19H21N9O3/c29-16-5-1-2-9-30-17-6-3-4-14(10-17)23-20-21-12-18-19(24-20)28(26-25-18)15-11-22-27(13-15)8-7-16;20-6-2-8-31-15-4-1-3-13(9-15)23-19-21-11-16-18(24-19)28(26-25-16)14-10-22-27(12-14)7-5-17(29)30/h3-4,6,10-13H,1-2,5,7-9H2,(H,21,23,24);1,3-4,9-12H,2,5-8,20H2,(H,29,30)(H,21,23,24). The summed E-state index contributed by atoms with van der Waals surface area (Å²) in [5.41, 5.74) is 10.6. The molecule has 9 rings (SSSR count). The number of aryl methyl sites for hydroxylation is 2. The Labute approximate surface area is 346 Å². The highest BCUT2D eigenvalue weighted by Gasteiger charge is 2.15. The van der Waals surface area contributed by atoms with E-state index in [9.17, 15) is 9.59 Å². The van der Waals surface area contributed by atoms with E-state index < -0.39 is 5.97 Å². The number of benzene rings is 2. The van der Waals surface area contributed by atoms with Crippen molar-refractivity contribution < 1.29 is 24.2 Å². The third-order valence-electron chi connectivity index (χ3n) is 9.20. The molecule has 312 valence electrons. The van der Waals surface area contributed by atoms with Gasteiger partial charge in [-0.25, -0.2) is 9.97 Å². The fourth-order valence-electron chi connectivity index (χ4n) is 6.14. The van der Waals surface area contributed by atoms with E-state index in [4.69, 9.17) is 20.3 Å². The van der Waals surface area contributed by atoms with Crippen LogP contribution in [0.1, 0.15) is 38.5 Å². The number of aromatic nitrogens is 14. The van der Waals surface area contributed by atoms with Crippen molar-refractivity contribution in [2.75, 3.05) is 30.4 Å². The number of carbonyl (C=O) groups excluding carboxylic acids is 1. The van der Waals surface area contributed by atoms with Crippen LogP contribution in [0.3, 0.4) is 0 Å². The zero-order valence-corrected chi connectivity index (χ0v) is 32.8. The van der Waals surface area contributed by atoms with E-state index in [1.807, 2.05) is 54.7 Å². The van der Waals surface area contributed by atoms with Crippen molar-refractivity contribution in [1.82, 2.24) is 69.5 Å². The minimum atomic E-state index is -0.888. The van der Waals surface area contributed by atoms with E-state index in [1.54, 1.807) is 40.3 Å². The first-order chi connectivity index (χ1) is 29.9. The molecular weight excluding hydrogens is 787 g/mol. The van der Waals surface area contributed by atoms with Crippen LogP contribution in [0.25, 0.3) is 33.7 Å². The van der Waals surface area contributed by atoms with Crippen molar-refractivity contribution in [2.45, 2.75) is 51.6 Å². The Morgan fingerprint density at radius 3 is 2.52 bits per heavy atom. The Hall–Kier alpha value is -7.88. The number of nitrogens with one attached hydrogen (secondary N) is 2. The summed E-state index contributed by atoms with van der Waals surface area (Å²) in [6.07, 6.45) is 13.4. The number of ether oxygens (including phenoxy) is 2. The van der Waals surface area contributed by atoms with Crippen LogP contribution in [-0.4, -0.2) is 106 Å². The van der Waals surface area contributed by atoms with E-state index in [2.05, 4.69) is 61.4 Å². The third kappa shape index (κ3) is 10.2. The lowest BCUT2D eigenvalue weighted by Crippen LogP contribution is -2.07. The number of rotatable bonds is 10. The minimum Gasteiger partial charge on any atom is -0.494 e. The monoisotopic (exact) mass is 827 g/mol. The van der Waals surface area contributed by atoms with Gasteiger partial charge in [0, 0.05) is 42.9 Å². The van der Waals surface area contributed by atoms with E-state index in [-0.39, 0.29) is 18.7 Å². The Bertz CT molecular complexity index is 2760. The quantitative estimate of drug-likeness (QED) is 0.142. The minimum absolute atomic E-state index is 0.0233. The summed E-state index contributed by atoms with van der Waals surface area (Å²) >= 11 is 0. The van der Waals surface area contributed by atoms with Crippen LogP contribution >= 0.6 is 0 Å². The van der Waals surface area contributed by atoms with Crippen LogP contribution in [0, 0.1) is 0 Å². The fourth-order valence-corrected chi connectivity index (χ4v) is 6.14. The highest BCUT2D eigenvalue weighted by atomic mass is 16.5. The maximum absolute atomic E-state index is 12.2. The first kappa shape index (κ1) is 39.9. The Balaban J connectivity index is 0.000000168. The maximum Gasteiger partial charge on any atom is 0.305 e.